The maximum atomic E-state index is 12.4. The largest absolute Gasteiger partial charge is 0.508 e. The van der Waals surface area contributed by atoms with Crippen molar-refractivity contribution in [2.75, 3.05) is 18.1 Å². The quantitative estimate of drug-likeness (QED) is 0.629. The molecule has 1 heterocycles. The van der Waals surface area contributed by atoms with Gasteiger partial charge in [0.15, 0.2) is 9.84 Å². The first-order valence-corrected chi connectivity index (χ1v) is 8.02. The minimum Gasteiger partial charge on any atom is -0.508 e. The number of benzene rings is 1. The van der Waals surface area contributed by atoms with E-state index in [0.717, 1.165) is 18.2 Å². The Labute approximate surface area is 121 Å². The summed E-state index contributed by atoms with van der Waals surface area (Å²) in [6.45, 7) is 1.55. The fraction of sp³-hybridized carbons (Fsp3) is 0.417. The van der Waals surface area contributed by atoms with Crippen LogP contribution in [0.25, 0.3) is 0 Å². The van der Waals surface area contributed by atoms with Crippen LogP contribution in [0, 0.1) is 10.1 Å². The lowest BCUT2D eigenvalue weighted by Gasteiger charge is -2.33. The minimum absolute atomic E-state index is 0.0187. The van der Waals surface area contributed by atoms with Crippen molar-refractivity contribution >= 4 is 21.4 Å². The summed E-state index contributed by atoms with van der Waals surface area (Å²) < 4.78 is 23.0. The lowest BCUT2D eigenvalue weighted by Crippen LogP contribution is -2.49. The molecule has 1 amide bonds. The van der Waals surface area contributed by atoms with E-state index in [1.807, 2.05) is 0 Å². The van der Waals surface area contributed by atoms with Gasteiger partial charge in [0, 0.05) is 18.7 Å². The van der Waals surface area contributed by atoms with Gasteiger partial charge in [-0.1, -0.05) is 0 Å². The molecule has 1 fully saturated rings. The van der Waals surface area contributed by atoms with Crippen LogP contribution < -0.4 is 0 Å². The molecule has 114 valence electrons. The third kappa shape index (κ3) is 3.13. The van der Waals surface area contributed by atoms with E-state index in [4.69, 9.17) is 0 Å². The zero-order chi connectivity index (χ0) is 15.8. The molecule has 1 aliphatic rings. The number of aromatic hydroxyl groups is 1. The molecule has 9 heteroatoms. The first-order valence-electron chi connectivity index (χ1n) is 6.20. The van der Waals surface area contributed by atoms with Gasteiger partial charge >= 0.3 is 0 Å². The number of phenols is 1. The molecule has 1 aromatic carbocycles. The predicted molar refractivity (Wildman–Crippen MR) is 73.9 cm³/mol. The molecule has 0 bridgehead atoms. The molecular formula is C12H14N2O6S. The van der Waals surface area contributed by atoms with Gasteiger partial charge in [0.2, 0.25) is 0 Å². The molecule has 0 aliphatic carbocycles. The molecule has 0 spiro atoms. The molecule has 0 radical (unpaired) electrons. The van der Waals surface area contributed by atoms with E-state index in [1.165, 1.54) is 4.90 Å². The molecule has 1 aromatic rings. The summed E-state index contributed by atoms with van der Waals surface area (Å²) in [5.41, 5.74) is -0.662. The summed E-state index contributed by atoms with van der Waals surface area (Å²) >= 11 is 0. The highest BCUT2D eigenvalue weighted by Crippen LogP contribution is 2.26. The highest BCUT2D eigenvalue weighted by molar-refractivity contribution is 7.91. The Bertz CT molecular complexity index is 700. The summed E-state index contributed by atoms with van der Waals surface area (Å²) in [6.07, 6.45) is 0. The monoisotopic (exact) mass is 314 g/mol. The van der Waals surface area contributed by atoms with E-state index in [2.05, 4.69) is 0 Å². The van der Waals surface area contributed by atoms with E-state index < -0.39 is 32.4 Å². The second-order valence-corrected chi connectivity index (χ2v) is 7.15. The van der Waals surface area contributed by atoms with Crippen molar-refractivity contribution in [3.05, 3.63) is 33.9 Å². The van der Waals surface area contributed by atoms with Gasteiger partial charge < -0.3 is 10.0 Å². The van der Waals surface area contributed by atoms with E-state index in [0.29, 0.717) is 0 Å². The smallest absolute Gasteiger partial charge is 0.282 e. The number of amides is 1. The molecule has 0 saturated carbocycles. The second-order valence-electron chi connectivity index (χ2n) is 4.92. The fourth-order valence-corrected chi connectivity index (χ4v) is 3.87. The van der Waals surface area contributed by atoms with Crippen LogP contribution in [0.15, 0.2) is 18.2 Å². The number of carbonyl (C=O) groups excluding carboxylic acids is 1. The SMILES string of the molecule is CC1CS(=O)(=O)CCN1C(=O)c1cc(O)ccc1[N+](=O)[O-]. The van der Waals surface area contributed by atoms with Crippen molar-refractivity contribution < 1.29 is 23.2 Å². The topological polar surface area (TPSA) is 118 Å². The van der Waals surface area contributed by atoms with E-state index in [1.54, 1.807) is 6.92 Å². The van der Waals surface area contributed by atoms with Gasteiger partial charge in [-0.15, -0.1) is 0 Å². The van der Waals surface area contributed by atoms with Gasteiger partial charge in [0.05, 0.1) is 16.4 Å². The summed E-state index contributed by atoms with van der Waals surface area (Å²) in [5, 5.41) is 20.4. The third-order valence-electron chi connectivity index (χ3n) is 3.34. The van der Waals surface area contributed by atoms with Crippen molar-refractivity contribution in [3.63, 3.8) is 0 Å². The maximum absolute atomic E-state index is 12.4. The summed E-state index contributed by atoms with van der Waals surface area (Å²) in [6, 6.07) is 2.63. The van der Waals surface area contributed by atoms with Crippen LogP contribution in [-0.4, -0.2) is 53.3 Å². The van der Waals surface area contributed by atoms with Crippen LogP contribution in [0.1, 0.15) is 17.3 Å². The number of carbonyl (C=O) groups is 1. The van der Waals surface area contributed by atoms with E-state index in [-0.39, 0.29) is 29.4 Å². The van der Waals surface area contributed by atoms with Crippen LogP contribution in [0.4, 0.5) is 5.69 Å². The Morgan fingerprint density at radius 2 is 2.14 bits per heavy atom. The van der Waals surface area contributed by atoms with Crippen molar-refractivity contribution in [1.29, 1.82) is 0 Å². The summed E-state index contributed by atoms with van der Waals surface area (Å²) in [7, 11) is -3.19. The zero-order valence-electron chi connectivity index (χ0n) is 11.2. The molecule has 2 rings (SSSR count). The molecule has 1 atom stereocenters. The normalized spacial score (nSPS) is 21.0. The Hall–Kier alpha value is -2.16. The summed E-state index contributed by atoms with van der Waals surface area (Å²) in [4.78, 5) is 23.9. The minimum atomic E-state index is -3.19. The number of rotatable bonds is 2. The number of hydrogen-bond donors (Lipinski definition) is 1. The highest BCUT2D eigenvalue weighted by Gasteiger charge is 2.34. The number of nitrogens with zero attached hydrogens (tertiary/aromatic N) is 2. The molecule has 1 N–H and O–H groups in total. The lowest BCUT2D eigenvalue weighted by molar-refractivity contribution is -0.385. The van der Waals surface area contributed by atoms with Crippen molar-refractivity contribution in [3.8, 4) is 5.75 Å². The van der Waals surface area contributed by atoms with Gasteiger partial charge in [-0.05, 0) is 19.1 Å². The number of nitro benzene ring substituents is 1. The molecule has 1 unspecified atom stereocenters. The zero-order valence-corrected chi connectivity index (χ0v) is 12.0. The van der Waals surface area contributed by atoms with Crippen LogP contribution in [0.2, 0.25) is 0 Å². The first kappa shape index (κ1) is 15.2. The Kier molecular flexibility index (Phi) is 3.86. The van der Waals surface area contributed by atoms with Crippen LogP contribution in [0.5, 0.6) is 5.75 Å². The van der Waals surface area contributed by atoms with Gasteiger partial charge in [-0.3, -0.25) is 14.9 Å². The van der Waals surface area contributed by atoms with E-state index >= 15 is 0 Å². The summed E-state index contributed by atoms with van der Waals surface area (Å²) in [5.74, 6) is -1.26. The highest BCUT2D eigenvalue weighted by atomic mass is 32.2. The first-order chi connectivity index (χ1) is 9.71. The van der Waals surface area contributed by atoms with E-state index in [9.17, 15) is 28.4 Å². The Morgan fingerprint density at radius 1 is 1.48 bits per heavy atom. The fourth-order valence-electron chi connectivity index (χ4n) is 2.31. The number of hydrogen-bond acceptors (Lipinski definition) is 6. The number of nitro groups is 1. The predicted octanol–water partition coefficient (Wildman–Crippen LogP) is 0.559. The van der Waals surface area contributed by atoms with Crippen LogP contribution in [-0.2, 0) is 9.84 Å². The van der Waals surface area contributed by atoms with Crippen LogP contribution >= 0.6 is 0 Å². The number of sulfone groups is 1. The molecule has 8 nitrogen and oxygen atoms in total. The van der Waals surface area contributed by atoms with Crippen molar-refractivity contribution in [2.45, 2.75) is 13.0 Å². The lowest BCUT2D eigenvalue weighted by atomic mass is 10.1. The number of phenolic OH excluding ortho intramolecular Hbond substituents is 1. The van der Waals surface area contributed by atoms with Crippen molar-refractivity contribution in [1.82, 2.24) is 4.90 Å². The van der Waals surface area contributed by atoms with Gasteiger partial charge in [-0.2, -0.15) is 0 Å². The average molecular weight is 314 g/mol. The molecule has 1 saturated heterocycles. The van der Waals surface area contributed by atoms with Gasteiger partial charge in [0.25, 0.3) is 11.6 Å². The second kappa shape index (κ2) is 5.32. The van der Waals surface area contributed by atoms with Crippen LogP contribution in [0.3, 0.4) is 0 Å². The molecule has 1 aliphatic heterocycles. The van der Waals surface area contributed by atoms with Crippen molar-refractivity contribution in [2.24, 2.45) is 0 Å². The average Bonchev–Trinajstić information content (AvgIpc) is 2.36. The van der Waals surface area contributed by atoms with Gasteiger partial charge in [0.1, 0.15) is 11.3 Å². The Morgan fingerprint density at radius 3 is 2.71 bits per heavy atom. The molecular weight excluding hydrogens is 300 g/mol. The molecule has 21 heavy (non-hydrogen) atoms. The van der Waals surface area contributed by atoms with Gasteiger partial charge in [-0.25, -0.2) is 8.42 Å². The Balaban J connectivity index is 2.37. The molecule has 0 aromatic heterocycles. The third-order valence-corrected chi connectivity index (χ3v) is 5.13. The maximum Gasteiger partial charge on any atom is 0.282 e. The standard InChI is InChI=1S/C12H14N2O6S/c1-8-7-21(19,20)5-4-13(8)12(16)10-6-9(15)2-3-11(10)14(17)18/h2-3,6,8,15H,4-5,7H2,1H3.